The SMILES string of the molecule is CCOc1oc(-c2sccc2C)nc1C(=O)O. The zero-order chi connectivity index (χ0) is 12.4. The molecule has 0 atom stereocenters. The fourth-order valence-corrected chi connectivity index (χ4v) is 2.21. The molecule has 0 spiro atoms. The van der Waals surface area contributed by atoms with Crippen molar-refractivity contribution >= 4 is 17.3 Å². The summed E-state index contributed by atoms with van der Waals surface area (Å²) in [6.07, 6.45) is 0. The van der Waals surface area contributed by atoms with Gasteiger partial charge in [0.25, 0.3) is 0 Å². The molecule has 2 aromatic heterocycles. The Labute approximate surface area is 102 Å². The fourth-order valence-electron chi connectivity index (χ4n) is 1.36. The lowest BCUT2D eigenvalue weighted by molar-refractivity contribution is 0.0683. The molecule has 6 heteroatoms. The maximum atomic E-state index is 11.0. The van der Waals surface area contributed by atoms with Gasteiger partial charge in [-0.1, -0.05) is 0 Å². The minimum atomic E-state index is -1.15. The van der Waals surface area contributed by atoms with Gasteiger partial charge in [-0.3, -0.25) is 0 Å². The van der Waals surface area contributed by atoms with Gasteiger partial charge in [0.15, 0.2) is 0 Å². The van der Waals surface area contributed by atoms with E-state index in [0.717, 1.165) is 10.4 Å². The summed E-state index contributed by atoms with van der Waals surface area (Å²) in [6.45, 7) is 4.00. The van der Waals surface area contributed by atoms with Crippen molar-refractivity contribution in [3.05, 3.63) is 22.7 Å². The molecule has 17 heavy (non-hydrogen) atoms. The van der Waals surface area contributed by atoms with Crippen molar-refractivity contribution in [1.29, 1.82) is 0 Å². The van der Waals surface area contributed by atoms with Crippen molar-refractivity contribution in [2.45, 2.75) is 13.8 Å². The standard InChI is InChI=1S/C11H11NO4S/c1-3-15-11-7(10(13)14)12-9(16-11)8-6(2)4-5-17-8/h4-5H,3H2,1-2H3,(H,13,14). The van der Waals surface area contributed by atoms with Crippen molar-refractivity contribution in [1.82, 2.24) is 4.98 Å². The van der Waals surface area contributed by atoms with Crippen molar-refractivity contribution in [2.75, 3.05) is 6.61 Å². The van der Waals surface area contributed by atoms with E-state index in [1.54, 1.807) is 6.92 Å². The van der Waals surface area contributed by atoms with Crippen LogP contribution < -0.4 is 4.74 Å². The van der Waals surface area contributed by atoms with Gasteiger partial charge < -0.3 is 14.3 Å². The molecule has 0 aliphatic heterocycles. The first-order chi connectivity index (χ1) is 8.13. The molecular formula is C11H11NO4S. The smallest absolute Gasteiger partial charge is 0.362 e. The minimum Gasteiger partial charge on any atom is -0.476 e. The van der Waals surface area contributed by atoms with Crippen molar-refractivity contribution in [3.63, 3.8) is 0 Å². The van der Waals surface area contributed by atoms with Crippen LogP contribution in [0.3, 0.4) is 0 Å². The van der Waals surface area contributed by atoms with Gasteiger partial charge in [0, 0.05) is 0 Å². The number of ether oxygens (including phenoxy) is 1. The molecule has 0 unspecified atom stereocenters. The van der Waals surface area contributed by atoms with Gasteiger partial charge in [-0.05, 0) is 30.9 Å². The normalized spacial score (nSPS) is 10.5. The predicted molar refractivity (Wildman–Crippen MR) is 62.7 cm³/mol. The molecule has 0 aliphatic carbocycles. The van der Waals surface area contributed by atoms with E-state index in [-0.39, 0.29) is 11.6 Å². The van der Waals surface area contributed by atoms with Crippen LogP contribution in [0, 0.1) is 6.92 Å². The Hall–Kier alpha value is -1.82. The van der Waals surface area contributed by atoms with E-state index in [1.165, 1.54) is 11.3 Å². The number of nitrogens with zero attached hydrogens (tertiary/aromatic N) is 1. The first-order valence-electron chi connectivity index (χ1n) is 5.04. The molecule has 0 aliphatic rings. The van der Waals surface area contributed by atoms with Gasteiger partial charge in [-0.2, -0.15) is 4.98 Å². The number of thiophene rings is 1. The monoisotopic (exact) mass is 253 g/mol. The molecule has 5 nitrogen and oxygen atoms in total. The van der Waals surface area contributed by atoms with Gasteiger partial charge in [-0.15, -0.1) is 11.3 Å². The summed E-state index contributed by atoms with van der Waals surface area (Å²) >= 11 is 1.45. The quantitative estimate of drug-likeness (QED) is 0.907. The van der Waals surface area contributed by atoms with Crippen LogP contribution in [0.25, 0.3) is 10.8 Å². The topological polar surface area (TPSA) is 72.6 Å². The number of oxazole rings is 1. The highest BCUT2D eigenvalue weighted by molar-refractivity contribution is 7.13. The summed E-state index contributed by atoms with van der Waals surface area (Å²) in [5.41, 5.74) is 0.811. The zero-order valence-electron chi connectivity index (χ0n) is 9.39. The van der Waals surface area contributed by atoms with Crippen LogP contribution in [-0.2, 0) is 0 Å². The predicted octanol–water partition coefficient (Wildman–Crippen LogP) is 2.81. The third-order valence-corrected chi connectivity index (χ3v) is 3.13. The molecule has 2 rings (SSSR count). The van der Waals surface area contributed by atoms with Crippen LogP contribution in [0.1, 0.15) is 23.0 Å². The van der Waals surface area contributed by atoms with Gasteiger partial charge in [-0.25, -0.2) is 4.79 Å². The van der Waals surface area contributed by atoms with Crippen LogP contribution in [0.4, 0.5) is 0 Å². The van der Waals surface area contributed by atoms with E-state index in [9.17, 15) is 4.79 Å². The lowest BCUT2D eigenvalue weighted by atomic mass is 10.3. The Bertz CT molecular complexity index is 543. The van der Waals surface area contributed by atoms with Crippen molar-refractivity contribution in [3.8, 4) is 16.7 Å². The number of aryl methyl sites for hydroxylation is 1. The summed E-state index contributed by atoms with van der Waals surface area (Å²) in [5, 5.41) is 10.9. The maximum absolute atomic E-state index is 11.0. The number of carboxylic acids is 1. The Morgan fingerprint density at radius 1 is 1.65 bits per heavy atom. The number of aromatic carboxylic acids is 1. The molecule has 0 fully saturated rings. The molecule has 90 valence electrons. The van der Waals surface area contributed by atoms with Crippen molar-refractivity contribution in [2.24, 2.45) is 0 Å². The zero-order valence-corrected chi connectivity index (χ0v) is 10.2. The van der Waals surface area contributed by atoms with E-state index in [1.807, 2.05) is 18.4 Å². The molecule has 0 aromatic carbocycles. The fraction of sp³-hybridized carbons (Fsp3) is 0.273. The summed E-state index contributed by atoms with van der Waals surface area (Å²) < 4.78 is 10.4. The number of carboxylic acid groups (broad SMARTS) is 1. The summed E-state index contributed by atoms with van der Waals surface area (Å²) in [5.74, 6) is -0.904. The van der Waals surface area contributed by atoms with E-state index >= 15 is 0 Å². The average molecular weight is 253 g/mol. The average Bonchev–Trinajstić information content (AvgIpc) is 2.84. The summed E-state index contributed by atoms with van der Waals surface area (Å²) in [4.78, 5) is 15.7. The van der Waals surface area contributed by atoms with Crippen molar-refractivity contribution < 1.29 is 19.1 Å². The molecule has 2 heterocycles. The second kappa shape index (κ2) is 4.58. The molecule has 0 saturated carbocycles. The van der Waals surface area contributed by atoms with Crippen LogP contribution in [0.5, 0.6) is 5.95 Å². The Morgan fingerprint density at radius 2 is 2.41 bits per heavy atom. The van der Waals surface area contributed by atoms with E-state index in [0.29, 0.717) is 12.5 Å². The molecule has 0 amide bonds. The Balaban J connectivity index is 2.47. The second-order valence-electron chi connectivity index (χ2n) is 3.33. The largest absolute Gasteiger partial charge is 0.476 e. The lowest BCUT2D eigenvalue weighted by Gasteiger charge is -1.96. The number of carbonyl (C=O) groups is 1. The van der Waals surface area contributed by atoms with E-state index in [4.69, 9.17) is 14.3 Å². The highest BCUT2D eigenvalue weighted by Crippen LogP contribution is 2.32. The first kappa shape index (κ1) is 11.7. The van der Waals surface area contributed by atoms with Gasteiger partial charge in [0.1, 0.15) is 0 Å². The third-order valence-electron chi connectivity index (χ3n) is 2.13. The lowest BCUT2D eigenvalue weighted by Crippen LogP contribution is -2.01. The van der Waals surface area contributed by atoms with Crippen LogP contribution in [0.2, 0.25) is 0 Å². The molecule has 1 N–H and O–H groups in total. The second-order valence-corrected chi connectivity index (χ2v) is 4.24. The number of aromatic nitrogens is 1. The third kappa shape index (κ3) is 2.16. The maximum Gasteiger partial charge on any atom is 0.362 e. The Morgan fingerprint density at radius 3 is 2.94 bits per heavy atom. The first-order valence-corrected chi connectivity index (χ1v) is 5.92. The summed E-state index contributed by atoms with van der Waals surface area (Å²) in [6, 6.07) is 1.92. The molecule has 2 aromatic rings. The molecule has 0 bridgehead atoms. The van der Waals surface area contributed by atoms with E-state index < -0.39 is 5.97 Å². The van der Waals surface area contributed by atoms with Gasteiger partial charge in [0.05, 0.1) is 11.5 Å². The number of rotatable bonds is 4. The summed E-state index contributed by atoms with van der Waals surface area (Å²) in [7, 11) is 0. The Kier molecular flexibility index (Phi) is 3.14. The van der Waals surface area contributed by atoms with E-state index in [2.05, 4.69) is 4.98 Å². The van der Waals surface area contributed by atoms with Gasteiger partial charge in [0.2, 0.25) is 11.6 Å². The van der Waals surface area contributed by atoms with Crippen LogP contribution in [0.15, 0.2) is 15.9 Å². The minimum absolute atomic E-state index is 0.0391. The number of hydrogen-bond donors (Lipinski definition) is 1. The van der Waals surface area contributed by atoms with Crippen LogP contribution >= 0.6 is 11.3 Å². The highest BCUT2D eigenvalue weighted by Gasteiger charge is 2.22. The van der Waals surface area contributed by atoms with Gasteiger partial charge >= 0.3 is 11.9 Å². The molecule has 0 radical (unpaired) electrons. The molecule has 0 saturated heterocycles. The van der Waals surface area contributed by atoms with Crippen LogP contribution in [-0.4, -0.2) is 22.7 Å². The number of hydrogen-bond acceptors (Lipinski definition) is 5. The molecular weight excluding hydrogens is 242 g/mol. The highest BCUT2D eigenvalue weighted by atomic mass is 32.1.